The maximum atomic E-state index is 9.72. The van der Waals surface area contributed by atoms with Gasteiger partial charge in [-0.05, 0) is 40.8 Å². The normalized spacial score (nSPS) is 14.6. The van der Waals surface area contributed by atoms with Gasteiger partial charge in [0.05, 0.1) is 18.3 Å². The first-order valence-corrected chi connectivity index (χ1v) is 5.85. The van der Waals surface area contributed by atoms with Crippen molar-refractivity contribution in [3.63, 3.8) is 0 Å². The highest BCUT2D eigenvalue weighted by Crippen LogP contribution is 2.07. The molecule has 0 aromatic rings. The van der Waals surface area contributed by atoms with E-state index in [2.05, 4.69) is 11.8 Å². The van der Waals surface area contributed by atoms with Crippen LogP contribution >= 0.6 is 0 Å². The summed E-state index contributed by atoms with van der Waals surface area (Å²) in [4.78, 5) is 2.15. The number of likely N-dealkylation sites (N-methyl/N-ethyl adjacent to an activating group) is 1. The molecule has 0 radical (unpaired) electrons. The van der Waals surface area contributed by atoms with Crippen molar-refractivity contribution in [1.82, 2.24) is 4.90 Å². The Morgan fingerprint density at radius 3 is 2.40 bits per heavy atom. The van der Waals surface area contributed by atoms with Gasteiger partial charge in [-0.15, -0.1) is 0 Å². The second-order valence-corrected chi connectivity index (χ2v) is 5.19. The molecule has 15 heavy (non-hydrogen) atoms. The molecule has 3 nitrogen and oxygen atoms in total. The van der Waals surface area contributed by atoms with Crippen molar-refractivity contribution in [3.8, 4) is 0 Å². The average molecular weight is 217 g/mol. The highest BCUT2D eigenvalue weighted by atomic mass is 16.5. The molecule has 0 saturated carbocycles. The number of unbranched alkanes of at least 4 members (excludes halogenated alkanes) is 1. The standard InChI is InChI=1S/C12H27NO2/c1-6-7-8-13(5)9-11(14)10-15-12(2,3)4/h11,14H,6-10H2,1-5H3. The fourth-order valence-electron chi connectivity index (χ4n) is 1.28. The second-order valence-electron chi connectivity index (χ2n) is 5.19. The second kappa shape index (κ2) is 7.20. The lowest BCUT2D eigenvalue weighted by Gasteiger charge is -2.24. The minimum absolute atomic E-state index is 0.164. The van der Waals surface area contributed by atoms with Crippen LogP contribution in [0.25, 0.3) is 0 Å². The van der Waals surface area contributed by atoms with E-state index in [9.17, 15) is 5.11 Å². The van der Waals surface area contributed by atoms with Crippen molar-refractivity contribution in [1.29, 1.82) is 0 Å². The van der Waals surface area contributed by atoms with Crippen LogP contribution in [0.2, 0.25) is 0 Å². The van der Waals surface area contributed by atoms with Crippen molar-refractivity contribution in [2.24, 2.45) is 0 Å². The zero-order valence-corrected chi connectivity index (χ0v) is 10.9. The number of hydrogen-bond acceptors (Lipinski definition) is 3. The summed E-state index contributed by atoms with van der Waals surface area (Å²) < 4.78 is 5.52. The molecule has 0 aliphatic carbocycles. The Labute approximate surface area is 94.4 Å². The molecule has 1 N–H and O–H groups in total. The molecule has 0 saturated heterocycles. The van der Waals surface area contributed by atoms with Gasteiger partial charge in [0.15, 0.2) is 0 Å². The number of nitrogens with zero attached hydrogens (tertiary/aromatic N) is 1. The first-order valence-electron chi connectivity index (χ1n) is 5.85. The molecule has 0 spiro atoms. The molecular weight excluding hydrogens is 190 g/mol. The van der Waals surface area contributed by atoms with Crippen molar-refractivity contribution in [3.05, 3.63) is 0 Å². The van der Waals surface area contributed by atoms with Gasteiger partial charge in [0.2, 0.25) is 0 Å². The van der Waals surface area contributed by atoms with E-state index in [-0.39, 0.29) is 11.7 Å². The van der Waals surface area contributed by atoms with Gasteiger partial charge in [-0.2, -0.15) is 0 Å². The molecule has 0 aromatic carbocycles. The Bertz CT molecular complexity index is 154. The number of hydrogen-bond donors (Lipinski definition) is 1. The van der Waals surface area contributed by atoms with E-state index in [4.69, 9.17) is 4.74 Å². The summed E-state index contributed by atoms with van der Waals surface area (Å²) in [6.07, 6.45) is 1.99. The van der Waals surface area contributed by atoms with Crippen LogP contribution in [0.15, 0.2) is 0 Å². The van der Waals surface area contributed by atoms with Gasteiger partial charge in [0, 0.05) is 6.54 Å². The molecule has 92 valence electrons. The Morgan fingerprint density at radius 1 is 1.33 bits per heavy atom. The van der Waals surface area contributed by atoms with E-state index in [0.717, 1.165) is 6.54 Å². The molecule has 1 atom stereocenters. The number of rotatable bonds is 7. The summed E-state index contributed by atoms with van der Waals surface area (Å²) in [5.41, 5.74) is -0.164. The van der Waals surface area contributed by atoms with Gasteiger partial charge < -0.3 is 14.7 Å². The van der Waals surface area contributed by atoms with Crippen LogP contribution in [-0.2, 0) is 4.74 Å². The van der Waals surface area contributed by atoms with Crippen molar-refractivity contribution < 1.29 is 9.84 Å². The fourth-order valence-corrected chi connectivity index (χ4v) is 1.28. The fraction of sp³-hybridized carbons (Fsp3) is 1.00. The number of aliphatic hydroxyl groups is 1. The Hall–Kier alpha value is -0.120. The third kappa shape index (κ3) is 10.2. The van der Waals surface area contributed by atoms with Gasteiger partial charge in [0.25, 0.3) is 0 Å². The van der Waals surface area contributed by atoms with Crippen LogP contribution in [0.5, 0.6) is 0 Å². The number of aliphatic hydroxyl groups excluding tert-OH is 1. The molecule has 0 fully saturated rings. The predicted molar refractivity (Wildman–Crippen MR) is 64.1 cm³/mol. The van der Waals surface area contributed by atoms with Gasteiger partial charge in [-0.3, -0.25) is 0 Å². The van der Waals surface area contributed by atoms with Crippen LogP contribution in [0.1, 0.15) is 40.5 Å². The molecule has 3 heteroatoms. The molecule has 0 bridgehead atoms. The number of ether oxygens (including phenoxy) is 1. The third-order valence-electron chi connectivity index (χ3n) is 2.12. The van der Waals surface area contributed by atoms with Gasteiger partial charge in [-0.25, -0.2) is 0 Å². The maximum absolute atomic E-state index is 9.72. The van der Waals surface area contributed by atoms with Gasteiger partial charge in [0.1, 0.15) is 0 Å². The van der Waals surface area contributed by atoms with Crippen LogP contribution in [0, 0.1) is 0 Å². The zero-order chi connectivity index (χ0) is 11.9. The predicted octanol–water partition coefficient (Wildman–Crippen LogP) is 1.89. The topological polar surface area (TPSA) is 32.7 Å². The van der Waals surface area contributed by atoms with Crippen molar-refractivity contribution >= 4 is 0 Å². The van der Waals surface area contributed by atoms with Crippen LogP contribution in [0.4, 0.5) is 0 Å². The zero-order valence-electron chi connectivity index (χ0n) is 10.9. The molecule has 0 heterocycles. The lowest BCUT2D eigenvalue weighted by atomic mass is 10.2. The molecule has 0 rings (SSSR count). The monoisotopic (exact) mass is 217 g/mol. The largest absolute Gasteiger partial charge is 0.389 e. The Morgan fingerprint density at radius 2 is 1.93 bits per heavy atom. The highest BCUT2D eigenvalue weighted by Gasteiger charge is 2.14. The Kier molecular flexibility index (Phi) is 7.14. The van der Waals surface area contributed by atoms with Crippen LogP contribution < -0.4 is 0 Å². The third-order valence-corrected chi connectivity index (χ3v) is 2.12. The van der Waals surface area contributed by atoms with E-state index in [0.29, 0.717) is 13.2 Å². The highest BCUT2D eigenvalue weighted by molar-refractivity contribution is 4.65. The molecule has 0 aliphatic rings. The minimum Gasteiger partial charge on any atom is -0.389 e. The molecule has 1 unspecified atom stereocenters. The van der Waals surface area contributed by atoms with E-state index >= 15 is 0 Å². The molecule has 0 aromatic heterocycles. The summed E-state index contributed by atoms with van der Waals surface area (Å²) in [6.45, 7) is 10.3. The Balaban J connectivity index is 3.59. The summed E-state index contributed by atoms with van der Waals surface area (Å²) in [7, 11) is 2.04. The van der Waals surface area contributed by atoms with E-state index < -0.39 is 0 Å². The van der Waals surface area contributed by atoms with E-state index in [1.165, 1.54) is 12.8 Å². The van der Waals surface area contributed by atoms with E-state index in [1.807, 2.05) is 27.8 Å². The lowest BCUT2D eigenvalue weighted by molar-refractivity contribution is -0.0546. The van der Waals surface area contributed by atoms with Crippen molar-refractivity contribution in [2.45, 2.75) is 52.2 Å². The summed E-state index contributed by atoms with van der Waals surface area (Å²) >= 11 is 0. The first kappa shape index (κ1) is 14.9. The lowest BCUT2D eigenvalue weighted by Crippen LogP contribution is -2.35. The van der Waals surface area contributed by atoms with Gasteiger partial charge in [-0.1, -0.05) is 13.3 Å². The van der Waals surface area contributed by atoms with Gasteiger partial charge >= 0.3 is 0 Å². The summed E-state index contributed by atoms with van der Waals surface area (Å²) in [5, 5.41) is 9.72. The summed E-state index contributed by atoms with van der Waals surface area (Å²) in [5.74, 6) is 0. The van der Waals surface area contributed by atoms with E-state index in [1.54, 1.807) is 0 Å². The minimum atomic E-state index is -0.383. The smallest absolute Gasteiger partial charge is 0.0900 e. The summed E-state index contributed by atoms with van der Waals surface area (Å²) in [6, 6.07) is 0. The first-order chi connectivity index (χ1) is 6.85. The SMILES string of the molecule is CCCCN(C)CC(O)COC(C)(C)C. The molecule has 0 aliphatic heterocycles. The average Bonchev–Trinajstić information content (AvgIpc) is 2.10. The van der Waals surface area contributed by atoms with Crippen LogP contribution in [0.3, 0.4) is 0 Å². The quantitative estimate of drug-likeness (QED) is 0.707. The molecule has 0 amide bonds. The maximum Gasteiger partial charge on any atom is 0.0900 e. The van der Waals surface area contributed by atoms with Crippen LogP contribution in [-0.4, -0.2) is 48.5 Å². The molecular formula is C12H27NO2. The van der Waals surface area contributed by atoms with Crippen molar-refractivity contribution in [2.75, 3.05) is 26.7 Å².